The molecule has 3 heterocycles. The van der Waals surface area contributed by atoms with Gasteiger partial charge in [0.25, 0.3) is 5.91 Å². The molecule has 0 spiro atoms. The largest absolute Gasteiger partial charge is 0.480 e. The highest BCUT2D eigenvalue weighted by Gasteiger charge is 2.48. The predicted molar refractivity (Wildman–Crippen MR) is 97.2 cm³/mol. The maximum atomic E-state index is 13.2. The van der Waals surface area contributed by atoms with Gasteiger partial charge in [0.2, 0.25) is 0 Å². The molecule has 0 fully saturated rings. The fraction of sp³-hybridized carbons (Fsp3) is 0.200. The van der Waals surface area contributed by atoms with E-state index in [1.165, 1.54) is 4.90 Å². The van der Waals surface area contributed by atoms with Crippen LogP contribution in [0, 0.1) is 0 Å². The Morgan fingerprint density at radius 2 is 1.88 bits per heavy atom. The fourth-order valence-electron chi connectivity index (χ4n) is 4.33. The van der Waals surface area contributed by atoms with Crippen LogP contribution in [0.3, 0.4) is 0 Å². The lowest BCUT2D eigenvalue weighted by molar-refractivity contribution is -0.143. The molecule has 130 valence electrons. The number of aliphatic carboxylic acids is 1. The highest BCUT2D eigenvalue weighted by atomic mass is 16.4. The van der Waals surface area contributed by atoms with Crippen molar-refractivity contribution in [3.8, 4) is 0 Å². The summed E-state index contributed by atoms with van der Waals surface area (Å²) in [6.07, 6.45) is -0.165. The average Bonchev–Trinajstić information content (AvgIpc) is 3.03. The number of amides is 1. The Morgan fingerprint density at radius 3 is 2.69 bits per heavy atom. The van der Waals surface area contributed by atoms with E-state index in [0.717, 1.165) is 27.8 Å². The molecule has 6 heteroatoms. The van der Waals surface area contributed by atoms with E-state index in [1.54, 1.807) is 12.1 Å². The zero-order valence-electron chi connectivity index (χ0n) is 14.1. The van der Waals surface area contributed by atoms with Crippen molar-refractivity contribution < 1.29 is 14.7 Å². The Labute approximate surface area is 149 Å². The third-order valence-corrected chi connectivity index (χ3v) is 5.50. The zero-order chi connectivity index (χ0) is 18.0. The van der Waals surface area contributed by atoms with Crippen molar-refractivity contribution in [3.05, 3.63) is 65.4 Å². The van der Waals surface area contributed by atoms with Crippen molar-refractivity contribution in [3.63, 3.8) is 0 Å². The number of anilines is 1. The molecule has 2 aromatic carbocycles. The van der Waals surface area contributed by atoms with Gasteiger partial charge in [0, 0.05) is 24.4 Å². The monoisotopic (exact) mass is 347 g/mol. The molecule has 1 amide bonds. The van der Waals surface area contributed by atoms with Gasteiger partial charge in [-0.3, -0.25) is 9.69 Å². The molecule has 0 bridgehead atoms. The van der Waals surface area contributed by atoms with Crippen molar-refractivity contribution in [1.82, 2.24) is 9.88 Å². The van der Waals surface area contributed by atoms with Crippen LogP contribution in [0.25, 0.3) is 10.9 Å². The van der Waals surface area contributed by atoms with Gasteiger partial charge in [0.15, 0.2) is 0 Å². The van der Waals surface area contributed by atoms with Gasteiger partial charge in [-0.25, -0.2) is 4.79 Å². The normalized spacial score (nSPS) is 21.3. The number of aromatic nitrogens is 1. The number of carboxylic acids is 1. The number of carbonyl (C=O) groups is 2. The summed E-state index contributed by atoms with van der Waals surface area (Å²) in [5, 5.41) is 10.9. The third kappa shape index (κ3) is 1.81. The minimum atomic E-state index is -0.980. The Balaban J connectivity index is 1.80. The van der Waals surface area contributed by atoms with Crippen LogP contribution in [0.15, 0.2) is 48.5 Å². The number of fused-ring (bicyclic) bond motifs is 6. The average molecular weight is 347 g/mol. The number of hydrogen-bond acceptors (Lipinski definition) is 3. The number of aromatic amines is 1. The summed E-state index contributed by atoms with van der Waals surface area (Å²) in [7, 11) is 1.91. The van der Waals surface area contributed by atoms with Gasteiger partial charge < -0.3 is 15.0 Å². The lowest BCUT2D eigenvalue weighted by Crippen LogP contribution is -2.58. The van der Waals surface area contributed by atoms with E-state index in [2.05, 4.69) is 4.98 Å². The van der Waals surface area contributed by atoms with Gasteiger partial charge in [-0.05, 0) is 23.8 Å². The van der Waals surface area contributed by atoms with E-state index >= 15 is 0 Å². The summed E-state index contributed by atoms with van der Waals surface area (Å²) in [5.74, 6) is -1.22. The second-order valence-corrected chi connectivity index (χ2v) is 6.84. The minimum absolute atomic E-state index is 0.236. The topological polar surface area (TPSA) is 76.6 Å². The second-order valence-electron chi connectivity index (χ2n) is 6.84. The first-order valence-corrected chi connectivity index (χ1v) is 8.54. The smallest absolute Gasteiger partial charge is 0.326 e. The Hall–Kier alpha value is -3.28. The number of H-pyrrole nitrogens is 1. The van der Waals surface area contributed by atoms with Crippen LogP contribution in [0.4, 0.5) is 5.69 Å². The third-order valence-electron chi connectivity index (χ3n) is 5.50. The molecule has 2 atom stereocenters. The number of carboxylic acid groups (broad SMARTS) is 1. The molecule has 2 aliphatic heterocycles. The van der Waals surface area contributed by atoms with E-state index < -0.39 is 18.2 Å². The van der Waals surface area contributed by atoms with Crippen LogP contribution in [0.1, 0.15) is 27.8 Å². The highest BCUT2D eigenvalue weighted by Crippen LogP contribution is 2.44. The van der Waals surface area contributed by atoms with E-state index in [-0.39, 0.29) is 5.91 Å². The molecule has 2 aliphatic rings. The minimum Gasteiger partial charge on any atom is -0.480 e. The predicted octanol–water partition coefficient (Wildman–Crippen LogP) is 2.77. The first-order chi connectivity index (χ1) is 12.6. The van der Waals surface area contributed by atoms with E-state index in [0.29, 0.717) is 12.0 Å². The number of nitrogens with zero attached hydrogens (tertiary/aromatic N) is 2. The van der Waals surface area contributed by atoms with Crippen LogP contribution in [-0.4, -0.2) is 40.0 Å². The lowest BCUT2D eigenvalue weighted by atomic mass is 9.91. The molecule has 1 aromatic heterocycles. The quantitative estimate of drug-likeness (QED) is 0.710. The zero-order valence-corrected chi connectivity index (χ0v) is 14.1. The van der Waals surface area contributed by atoms with Crippen molar-refractivity contribution in [1.29, 1.82) is 0 Å². The first kappa shape index (κ1) is 15.0. The van der Waals surface area contributed by atoms with Gasteiger partial charge in [-0.2, -0.15) is 0 Å². The second kappa shape index (κ2) is 5.11. The van der Waals surface area contributed by atoms with Crippen molar-refractivity contribution in [2.45, 2.75) is 18.6 Å². The molecule has 0 unspecified atom stereocenters. The Morgan fingerprint density at radius 1 is 1.15 bits per heavy atom. The van der Waals surface area contributed by atoms with Gasteiger partial charge in [-0.1, -0.05) is 30.3 Å². The van der Waals surface area contributed by atoms with Crippen molar-refractivity contribution in [2.75, 3.05) is 11.9 Å². The van der Waals surface area contributed by atoms with E-state index in [4.69, 9.17) is 0 Å². The summed E-state index contributed by atoms with van der Waals surface area (Å²) in [4.78, 5) is 32.1. The van der Waals surface area contributed by atoms with Crippen LogP contribution in [-0.2, 0) is 11.2 Å². The fourth-order valence-corrected chi connectivity index (χ4v) is 4.33. The molecule has 5 rings (SSSR count). The van der Waals surface area contributed by atoms with Gasteiger partial charge >= 0.3 is 5.97 Å². The Kier molecular flexibility index (Phi) is 2.95. The maximum absolute atomic E-state index is 13.2. The molecule has 2 N–H and O–H groups in total. The molecule has 0 radical (unpaired) electrons. The molecular weight excluding hydrogens is 330 g/mol. The van der Waals surface area contributed by atoms with Crippen LogP contribution in [0.5, 0.6) is 0 Å². The molecule has 0 aliphatic carbocycles. The molecule has 6 nitrogen and oxygen atoms in total. The molecule has 0 saturated heterocycles. The summed E-state index contributed by atoms with van der Waals surface area (Å²) in [5.41, 5.74) is 4.19. The van der Waals surface area contributed by atoms with Gasteiger partial charge in [0.1, 0.15) is 12.2 Å². The van der Waals surface area contributed by atoms with Crippen molar-refractivity contribution >= 4 is 28.5 Å². The van der Waals surface area contributed by atoms with E-state index in [1.807, 2.05) is 48.3 Å². The molecular formula is C20H17N3O3. The van der Waals surface area contributed by atoms with Crippen LogP contribution >= 0.6 is 0 Å². The first-order valence-electron chi connectivity index (χ1n) is 8.54. The van der Waals surface area contributed by atoms with Crippen molar-refractivity contribution in [2.24, 2.45) is 0 Å². The maximum Gasteiger partial charge on any atom is 0.326 e. The Bertz CT molecular complexity index is 1070. The number of hydrogen-bond donors (Lipinski definition) is 2. The number of benzene rings is 2. The molecule has 3 aromatic rings. The number of rotatable bonds is 1. The standard InChI is InChI=1S/C20H17N3O3/c1-22-15-9-5-3-7-12(15)19(24)23-16(20(25)26)10-13-11-6-2-4-8-14(11)21-17(13)18(22)23/h2-9,16,18,21H,10H2,1H3,(H,25,26)/t16-,18-/m1/s1. The van der Waals surface area contributed by atoms with Gasteiger partial charge in [-0.15, -0.1) is 0 Å². The van der Waals surface area contributed by atoms with Crippen LogP contribution in [0.2, 0.25) is 0 Å². The van der Waals surface area contributed by atoms with Crippen LogP contribution < -0.4 is 4.90 Å². The molecule has 26 heavy (non-hydrogen) atoms. The lowest BCUT2D eigenvalue weighted by Gasteiger charge is -2.48. The number of carbonyl (C=O) groups excluding carboxylic acids is 1. The molecule has 0 saturated carbocycles. The van der Waals surface area contributed by atoms with E-state index in [9.17, 15) is 14.7 Å². The summed E-state index contributed by atoms with van der Waals surface area (Å²) in [6.45, 7) is 0. The summed E-state index contributed by atoms with van der Waals surface area (Å²) >= 11 is 0. The SMILES string of the molecule is CN1c2ccccc2C(=O)N2[C@@H](C(=O)O)Cc3c([nH]c4ccccc34)[C@H]12. The highest BCUT2D eigenvalue weighted by molar-refractivity contribution is 6.04. The number of para-hydroxylation sites is 2. The summed E-state index contributed by atoms with van der Waals surface area (Å²) in [6, 6.07) is 14.3. The van der Waals surface area contributed by atoms with Gasteiger partial charge in [0.05, 0.1) is 16.9 Å². The summed E-state index contributed by atoms with van der Waals surface area (Å²) < 4.78 is 0. The number of nitrogens with one attached hydrogen (secondary N) is 1.